The fraction of sp³-hybridized carbons (Fsp3) is 0.409. The molecule has 0 radical (unpaired) electrons. The topological polar surface area (TPSA) is 71.6 Å². The van der Waals surface area contributed by atoms with Gasteiger partial charge in [-0.1, -0.05) is 12.5 Å². The Labute approximate surface area is 170 Å². The molecular formula is C22H27N5O2. The first-order chi connectivity index (χ1) is 14.1. The summed E-state index contributed by atoms with van der Waals surface area (Å²) in [6.45, 7) is 4.81. The maximum absolute atomic E-state index is 12.6. The highest BCUT2D eigenvalue weighted by Gasteiger charge is 2.23. The lowest BCUT2D eigenvalue weighted by Gasteiger charge is -2.35. The summed E-state index contributed by atoms with van der Waals surface area (Å²) in [7, 11) is 0. The Balaban J connectivity index is 1.36. The second-order valence-corrected chi connectivity index (χ2v) is 7.69. The number of amides is 1. The number of fused-ring (bicyclic) bond motifs is 1. The molecule has 3 aromatic rings. The second-order valence-electron chi connectivity index (χ2n) is 7.69. The van der Waals surface area contributed by atoms with Crippen LogP contribution in [0.1, 0.15) is 35.3 Å². The van der Waals surface area contributed by atoms with Crippen molar-refractivity contribution in [2.24, 2.45) is 0 Å². The van der Waals surface area contributed by atoms with Crippen molar-refractivity contribution in [1.82, 2.24) is 24.4 Å². The van der Waals surface area contributed by atoms with E-state index in [0.717, 1.165) is 43.6 Å². The Morgan fingerprint density at radius 3 is 2.97 bits per heavy atom. The van der Waals surface area contributed by atoms with E-state index in [1.165, 1.54) is 4.68 Å². The molecule has 0 bridgehead atoms. The Hall–Kier alpha value is -2.93. The monoisotopic (exact) mass is 393 g/mol. The summed E-state index contributed by atoms with van der Waals surface area (Å²) in [5, 5.41) is 7.42. The minimum Gasteiger partial charge on any atom is -0.350 e. The lowest BCUT2D eigenvalue weighted by atomic mass is 10.0. The SMILES string of the molecule is Cc1ccc(=O)n(CCN2CCCCC2CNC(=O)c2cc3ccccn3c2)n1. The van der Waals surface area contributed by atoms with E-state index in [9.17, 15) is 9.59 Å². The number of hydrogen-bond acceptors (Lipinski definition) is 4. The third-order valence-corrected chi connectivity index (χ3v) is 5.61. The van der Waals surface area contributed by atoms with Gasteiger partial charge in [0.25, 0.3) is 11.5 Å². The van der Waals surface area contributed by atoms with Crippen LogP contribution in [0.4, 0.5) is 0 Å². The van der Waals surface area contributed by atoms with Crippen molar-refractivity contribution in [1.29, 1.82) is 0 Å². The predicted molar refractivity (Wildman–Crippen MR) is 112 cm³/mol. The molecule has 7 nitrogen and oxygen atoms in total. The molecule has 1 saturated heterocycles. The molecule has 1 aliphatic rings. The van der Waals surface area contributed by atoms with Gasteiger partial charge in [0.2, 0.25) is 0 Å². The van der Waals surface area contributed by atoms with E-state index < -0.39 is 0 Å². The Bertz CT molecular complexity index is 1020. The zero-order valence-corrected chi connectivity index (χ0v) is 16.8. The smallest absolute Gasteiger partial charge is 0.266 e. The predicted octanol–water partition coefficient (Wildman–Crippen LogP) is 2.09. The molecule has 3 aromatic heterocycles. The molecule has 4 rings (SSSR count). The molecule has 0 aliphatic carbocycles. The van der Waals surface area contributed by atoms with Gasteiger partial charge in [-0.3, -0.25) is 14.5 Å². The van der Waals surface area contributed by atoms with Gasteiger partial charge < -0.3 is 9.72 Å². The van der Waals surface area contributed by atoms with Crippen LogP contribution in [0.5, 0.6) is 0 Å². The molecule has 1 aliphatic heterocycles. The molecule has 1 N–H and O–H groups in total. The number of piperidine rings is 1. The quantitative estimate of drug-likeness (QED) is 0.696. The van der Waals surface area contributed by atoms with Crippen molar-refractivity contribution >= 4 is 11.4 Å². The summed E-state index contributed by atoms with van der Waals surface area (Å²) >= 11 is 0. The van der Waals surface area contributed by atoms with Gasteiger partial charge >= 0.3 is 0 Å². The first kappa shape index (κ1) is 19.4. The average molecular weight is 393 g/mol. The lowest BCUT2D eigenvalue weighted by molar-refractivity contribution is 0.0909. The summed E-state index contributed by atoms with van der Waals surface area (Å²) in [4.78, 5) is 27.0. The van der Waals surface area contributed by atoms with E-state index in [4.69, 9.17) is 0 Å². The number of carbonyl (C=O) groups is 1. The molecule has 152 valence electrons. The van der Waals surface area contributed by atoms with Crippen molar-refractivity contribution in [2.75, 3.05) is 19.6 Å². The number of carbonyl (C=O) groups excluding carboxylic acids is 1. The van der Waals surface area contributed by atoms with E-state index in [-0.39, 0.29) is 17.5 Å². The molecule has 1 fully saturated rings. The van der Waals surface area contributed by atoms with Crippen LogP contribution in [-0.4, -0.2) is 50.7 Å². The van der Waals surface area contributed by atoms with E-state index in [0.29, 0.717) is 18.7 Å². The lowest BCUT2D eigenvalue weighted by Crippen LogP contribution is -2.48. The number of aromatic nitrogens is 3. The molecular weight excluding hydrogens is 366 g/mol. The summed E-state index contributed by atoms with van der Waals surface area (Å²) in [5.41, 5.74) is 2.45. The van der Waals surface area contributed by atoms with Crippen LogP contribution >= 0.6 is 0 Å². The van der Waals surface area contributed by atoms with Crippen molar-refractivity contribution < 1.29 is 4.79 Å². The van der Waals surface area contributed by atoms with Gasteiger partial charge in [-0.25, -0.2) is 4.68 Å². The molecule has 0 aromatic carbocycles. The molecule has 1 amide bonds. The zero-order valence-electron chi connectivity index (χ0n) is 16.8. The first-order valence-corrected chi connectivity index (χ1v) is 10.2. The normalized spacial score (nSPS) is 17.5. The Morgan fingerprint density at radius 2 is 2.10 bits per heavy atom. The number of nitrogens with zero attached hydrogens (tertiary/aromatic N) is 4. The van der Waals surface area contributed by atoms with Crippen molar-refractivity contribution in [3.05, 3.63) is 70.4 Å². The highest BCUT2D eigenvalue weighted by atomic mass is 16.1. The van der Waals surface area contributed by atoms with Gasteiger partial charge in [0, 0.05) is 43.1 Å². The van der Waals surface area contributed by atoms with Crippen molar-refractivity contribution in [3.63, 3.8) is 0 Å². The minimum absolute atomic E-state index is 0.0456. The molecule has 0 saturated carbocycles. The molecule has 7 heteroatoms. The number of likely N-dealkylation sites (tertiary alicyclic amines) is 1. The van der Waals surface area contributed by atoms with Crippen LogP contribution in [0.2, 0.25) is 0 Å². The van der Waals surface area contributed by atoms with Crippen LogP contribution < -0.4 is 10.9 Å². The van der Waals surface area contributed by atoms with E-state index in [1.54, 1.807) is 12.1 Å². The van der Waals surface area contributed by atoms with E-state index >= 15 is 0 Å². The van der Waals surface area contributed by atoms with Crippen LogP contribution in [0.15, 0.2) is 53.6 Å². The number of rotatable bonds is 6. The molecule has 29 heavy (non-hydrogen) atoms. The standard InChI is InChI=1S/C22H27N5O2/c1-17-8-9-21(28)27(24-17)13-12-25-10-4-3-7-20(25)15-23-22(29)18-14-19-6-2-5-11-26(19)16-18/h2,5-6,8-9,11,14,16,20H,3-4,7,10,12-13,15H2,1H3,(H,23,29). The van der Waals surface area contributed by atoms with Crippen molar-refractivity contribution in [3.8, 4) is 0 Å². The molecule has 1 unspecified atom stereocenters. The number of pyridine rings is 1. The zero-order chi connectivity index (χ0) is 20.2. The fourth-order valence-electron chi connectivity index (χ4n) is 4.01. The van der Waals surface area contributed by atoms with Gasteiger partial charge in [-0.2, -0.15) is 5.10 Å². The minimum atomic E-state index is -0.0711. The van der Waals surface area contributed by atoms with Gasteiger partial charge in [-0.15, -0.1) is 0 Å². The third-order valence-electron chi connectivity index (χ3n) is 5.61. The average Bonchev–Trinajstić information content (AvgIpc) is 3.17. The Kier molecular flexibility index (Phi) is 5.76. The summed E-state index contributed by atoms with van der Waals surface area (Å²) < 4.78 is 3.49. The number of hydrogen-bond donors (Lipinski definition) is 1. The maximum atomic E-state index is 12.6. The van der Waals surface area contributed by atoms with Crippen LogP contribution in [0.25, 0.3) is 5.52 Å². The molecule has 4 heterocycles. The number of aryl methyl sites for hydroxylation is 1. The summed E-state index contributed by atoms with van der Waals surface area (Å²) in [6, 6.07) is 11.4. The van der Waals surface area contributed by atoms with Crippen LogP contribution in [-0.2, 0) is 6.54 Å². The van der Waals surface area contributed by atoms with Crippen molar-refractivity contribution in [2.45, 2.75) is 38.8 Å². The van der Waals surface area contributed by atoms with Gasteiger partial charge in [0.15, 0.2) is 0 Å². The fourth-order valence-corrected chi connectivity index (χ4v) is 4.01. The Morgan fingerprint density at radius 1 is 1.21 bits per heavy atom. The highest BCUT2D eigenvalue weighted by molar-refractivity contribution is 5.95. The maximum Gasteiger partial charge on any atom is 0.266 e. The van der Waals surface area contributed by atoms with E-state index in [2.05, 4.69) is 15.3 Å². The van der Waals surface area contributed by atoms with Crippen LogP contribution in [0, 0.1) is 6.92 Å². The second kappa shape index (κ2) is 8.61. The van der Waals surface area contributed by atoms with Gasteiger partial charge in [-0.05, 0) is 50.6 Å². The highest BCUT2D eigenvalue weighted by Crippen LogP contribution is 2.17. The third kappa shape index (κ3) is 4.56. The van der Waals surface area contributed by atoms with E-state index in [1.807, 2.05) is 48.0 Å². The molecule has 0 spiro atoms. The summed E-state index contributed by atoms with van der Waals surface area (Å²) in [5.74, 6) is -0.0456. The largest absolute Gasteiger partial charge is 0.350 e. The van der Waals surface area contributed by atoms with Gasteiger partial charge in [0.05, 0.1) is 17.8 Å². The summed E-state index contributed by atoms with van der Waals surface area (Å²) in [6.07, 6.45) is 7.16. The van der Waals surface area contributed by atoms with Crippen LogP contribution in [0.3, 0.4) is 0 Å². The molecule has 1 atom stereocenters. The van der Waals surface area contributed by atoms with Gasteiger partial charge in [0.1, 0.15) is 0 Å². The first-order valence-electron chi connectivity index (χ1n) is 10.2. The number of nitrogens with one attached hydrogen (secondary N) is 1.